The first-order valence-corrected chi connectivity index (χ1v) is 4.84. The van der Waals surface area contributed by atoms with Gasteiger partial charge in [0.2, 0.25) is 0 Å². The summed E-state index contributed by atoms with van der Waals surface area (Å²) in [4.78, 5) is 11.3. The van der Waals surface area contributed by atoms with Crippen molar-refractivity contribution < 1.29 is 32.5 Å². The molecule has 8 heteroatoms. The van der Waals surface area contributed by atoms with Crippen molar-refractivity contribution in [1.82, 2.24) is 0 Å². The highest BCUT2D eigenvalue weighted by Crippen LogP contribution is 2.30. The average molecular weight is 275 g/mol. The Morgan fingerprint density at radius 3 is 2.53 bits per heavy atom. The van der Waals surface area contributed by atoms with E-state index in [1.807, 2.05) is 0 Å². The summed E-state index contributed by atoms with van der Waals surface area (Å²) < 4.78 is 44.6. The van der Waals surface area contributed by atoms with Crippen molar-refractivity contribution in [1.29, 1.82) is 5.26 Å². The standard InChI is InChI=1S/C11H8F3NO4/c1-18-10(17)6-2-7(5-16)8(4-15)9(3-6)19-11(12,13)14/h2-3,16H,5H2,1H3. The first kappa shape index (κ1) is 14.8. The maximum Gasteiger partial charge on any atom is 0.573 e. The second kappa shape index (κ2) is 5.58. The second-order valence-corrected chi connectivity index (χ2v) is 3.32. The van der Waals surface area contributed by atoms with E-state index in [2.05, 4.69) is 9.47 Å². The normalized spacial score (nSPS) is 10.7. The van der Waals surface area contributed by atoms with Crippen LogP contribution in [0.1, 0.15) is 21.5 Å². The molecule has 1 N–H and O–H groups in total. The van der Waals surface area contributed by atoms with E-state index < -0.39 is 30.3 Å². The van der Waals surface area contributed by atoms with Gasteiger partial charge in [0.25, 0.3) is 0 Å². The Morgan fingerprint density at radius 1 is 1.47 bits per heavy atom. The van der Waals surface area contributed by atoms with Crippen molar-refractivity contribution in [3.05, 3.63) is 28.8 Å². The number of alkyl halides is 3. The zero-order chi connectivity index (χ0) is 14.6. The van der Waals surface area contributed by atoms with Crippen LogP contribution in [-0.4, -0.2) is 24.5 Å². The third-order valence-electron chi connectivity index (χ3n) is 2.11. The smallest absolute Gasteiger partial charge is 0.465 e. The van der Waals surface area contributed by atoms with Crippen molar-refractivity contribution in [2.75, 3.05) is 7.11 Å². The van der Waals surface area contributed by atoms with Crippen molar-refractivity contribution in [3.8, 4) is 11.8 Å². The van der Waals surface area contributed by atoms with E-state index >= 15 is 0 Å². The lowest BCUT2D eigenvalue weighted by Gasteiger charge is -2.13. The van der Waals surface area contributed by atoms with Crippen LogP contribution in [0.4, 0.5) is 13.2 Å². The molecule has 19 heavy (non-hydrogen) atoms. The Hall–Kier alpha value is -2.27. The van der Waals surface area contributed by atoms with Crippen LogP contribution in [0.3, 0.4) is 0 Å². The third kappa shape index (κ3) is 3.59. The molecule has 1 rings (SSSR count). The molecule has 0 saturated carbocycles. The number of rotatable bonds is 3. The first-order chi connectivity index (χ1) is 8.82. The molecule has 0 radical (unpaired) electrons. The Morgan fingerprint density at radius 2 is 2.11 bits per heavy atom. The van der Waals surface area contributed by atoms with E-state index in [9.17, 15) is 18.0 Å². The number of aliphatic hydroxyl groups is 1. The van der Waals surface area contributed by atoms with Crippen LogP contribution in [0, 0.1) is 11.3 Å². The number of esters is 1. The number of nitriles is 1. The molecule has 0 amide bonds. The summed E-state index contributed by atoms with van der Waals surface area (Å²) in [5, 5.41) is 17.8. The minimum Gasteiger partial charge on any atom is -0.465 e. The van der Waals surface area contributed by atoms with Crippen LogP contribution < -0.4 is 4.74 Å². The lowest BCUT2D eigenvalue weighted by molar-refractivity contribution is -0.274. The summed E-state index contributed by atoms with van der Waals surface area (Å²) in [5.74, 6) is -1.77. The SMILES string of the molecule is COC(=O)c1cc(CO)c(C#N)c(OC(F)(F)F)c1. The van der Waals surface area contributed by atoms with E-state index in [0.717, 1.165) is 19.2 Å². The van der Waals surface area contributed by atoms with Crippen LogP contribution in [0.2, 0.25) is 0 Å². The highest BCUT2D eigenvalue weighted by Gasteiger charge is 2.33. The number of carbonyl (C=O) groups excluding carboxylic acids is 1. The molecule has 5 nitrogen and oxygen atoms in total. The Bertz CT molecular complexity index is 534. The van der Waals surface area contributed by atoms with Gasteiger partial charge in [-0.2, -0.15) is 5.26 Å². The highest BCUT2D eigenvalue weighted by molar-refractivity contribution is 5.90. The molecule has 0 aliphatic rings. The Labute approximate surface area is 105 Å². The predicted molar refractivity (Wildman–Crippen MR) is 55.1 cm³/mol. The summed E-state index contributed by atoms with van der Waals surface area (Å²) in [6.07, 6.45) is -5.02. The average Bonchev–Trinajstić information content (AvgIpc) is 2.34. The molecule has 0 saturated heterocycles. The number of aliphatic hydroxyl groups excluding tert-OH is 1. The number of carbonyl (C=O) groups is 1. The minimum absolute atomic E-state index is 0.162. The molecule has 1 aromatic rings. The first-order valence-electron chi connectivity index (χ1n) is 4.84. The summed E-state index contributed by atoms with van der Waals surface area (Å²) in [6, 6.07) is 3.28. The number of nitrogens with zero attached hydrogens (tertiary/aromatic N) is 1. The van der Waals surface area contributed by atoms with Crippen LogP contribution in [0.25, 0.3) is 0 Å². The fourth-order valence-corrected chi connectivity index (χ4v) is 1.37. The lowest BCUT2D eigenvalue weighted by atomic mass is 10.0. The van der Waals surface area contributed by atoms with Gasteiger partial charge in [-0.15, -0.1) is 13.2 Å². The summed E-state index contributed by atoms with van der Waals surface area (Å²) in [5.41, 5.74) is -0.915. The molecule has 0 fully saturated rings. The van der Waals surface area contributed by atoms with Crippen molar-refractivity contribution >= 4 is 5.97 Å². The molecule has 0 aromatic heterocycles. The zero-order valence-electron chi connectivity index (χ0n) is 9.61. The fraction of sp³-hybridized carbons (Fsp3) is 0.273. The van der Waals surface area contributed by atoms with E-state index in [4.69, 9.17) is 10.4 Å². The molecular weight excluding hydrogens is 267 g/mol. The predicted octanol–water partition coefficient (Wildman–Crippen LogP) is 1.74. The topological polar surface area (TPSA) is 79.5 Å². The fourth-order valence-electron chi connectivity index (χ4n) is 1.37. The van der Waals surface area contributed by atoms with Gasteiger partial charge in [-0.3, -0.25) is 0 Å². The molecule has 0 aliphatic heterocycles. The molecule has 102 valence electrons. The monoisotopic (exact) mass is 275 g/mol. The number of ether oxygens (including phenoxy) is 2. The van der Waals surface area contributed by atoms with Crippen LogP contribution in [0.5, 0.6) is 5.75 Å². The zero-order valence-corrected chi connectivity index (χ0v) is 9.61. The van der Waals surface area contributed by atoms with E-state index in [-0.39, 0.29) is 11.1 Å². The second-order valence-electron chi connectivity index (χ2n) is 3.32. The number of halogens is 3. The van der Waals surface area contributed by atoms with Crippen LogP contribution >= 0.6 is 0 Å². The summed E-state index contributed by atoms with van der Waals surface area (Å²) >= 11 is 0. The number of hydrogen-bond donors (Lipinski definition) is 1. The van der Waals surface area contributed by atoms with E-state index in [1.165, 1.54) is 6.07 Å². The number of benzene rings is 1. The van der Waals surface area contributed by atoms with Crippen LogP contribution in [0.15, 0.2) is 12.1 Å². The summed E-state index contributed by atoms with van der Waals surface area (Å²) in [7, 11) is 1.05. The summed E-state index contributed by atoms with van der Waals surface area (Å²) in [6.45, 7) is -0.720. The van der Waals surface area contributed by atoms with Crippen molar-refractivity contribution in [2.45, 2.75) is 13.0 Å². The van der Waals surface area contributed by atoms with E-state index in [0.29, 0.717) is 0 Å². The molecule has 0 spiro atoms. The molecular formula is C11H8F3NO4. The molecule has 0 heterocycles. The van der Waals surface area contributed by atoms with Gasteiger partial charge in [0, 0.05) is 0 Å². The van der Waals surface area contributed by atoms with Gasteiger partial charge < -0.3 is 14.6 Å². The van der Waals surface area contributed by atoms with Gasteiger partial charge in [-0.05, 0) is 17.7 Å². The van der Waals surface area contributed by atoms with E-state index in [1.54, 1.807) is 0 Å². The van der Waals surface area contributed by atoms with Gasteiger partial charge in [0.15, 0.2) is 0 Å². The minimum atomic E-state index is -5.02. The maximum absolute atomic E-state index is 12.2. The van der Waals surface area contributed by atoms with Crippen molar-refractivity contribution in [2.24, 2.45) is 0 Å². The Balaban J connectivity index is 3.41. The largest absolute Gasteiger partial charge is 0.573 e. The quantitative estimate of drug-likeness (QED) is 0.850. The number of hydrogen-bond acceptors (Lipinski definition) is 5. The van der Waals surface area contributed by atoms with Crippen molar-refractivity contribution in [3.63, 3.8) is 0 Å². The van der Waals surface area contributed by atoms with Gasteiger partial charge in [0.1, 0.15) is 11.8 Å². The van der Waals surface area contributed by atoms with Gasteiger partial charge in [-0.1, -0.05) is 0 Å². The van der Waals surface area contributed by atoms with Gasteiger partial charge in [-0.25, -0.2) is 4.79 Å². The maximum atomic E-state index is 12.2. The van der Waals surface area contributed by atoms with Gasteiger partial charge in [0.05, 0.1) is 24.8 Å². The van der Waals surface area contributed by atoms with Crippen LogP contribution in [-0.2, 0) is 11.3 Å². The Kier molecular flexibility index (Phi) is 4.34. The number of methoxy groups -OCH3 is 1. The third-order valence-corrected chi connectivity index (χ3v) is 2.11. The molecule has 0 aliphatic carbocycles. The van der Waals surface area contributed by atoms with Gasteiger partial charge >= 0.3 is 12.3 Å². The highest BCUT2D eigenvalue weighted by atomic mass is 19.4. The molecule has 1 aromatic carbocycles. The lowest BCUT2D eigenvalue weighted by Crippen LogP contribution is -2.19. The molecule has 0 atom stereocenters. The molecule has 0 unspecified atom stereocenters. The molecule has 0 bridgehead atoms.